The predicted molar refractivity (Wildman–Crippen MR) is 97.0 cm³/mol. The molecule has 0 aromatic carbocycles. The van der Waals surface area contributed by atoms with Crippen molar-refractivity contribution < 1.29 is 4.79 Å². The van der Waals surface area contributed by atoms with Crippen LogP contribution in [0.5, 0.6) is 0 Å². The predicted octanol–water partition coefficient (Wildman–Crippen LogP) is 1.91. The molecule has 1 amide bonds. The Kier molecular flexibility index (Phi) is 4.55. The van der Waals surface area contributed by atoms with E-state index in [-0.39, 0.29) is 11.8 Å². The van der Waals surface area contributed by atoms with Gasteiger partial charge in [-0.15, -0.1) is 10.2 Å². The molecule has 0 atom stereocenters. The fraction of sp³-hybridized carbons (Fsp3) is 0.278. The average molecular weight is 349 g/mol. The molecule has 4 rings (SSSR count). The lowest BCUT2D eigenvalue weighted by atomic mass is 9.96. The van der Waals surface area contributed by atoms with Gasteiger partial charge in [-0.2, -0.15) is 5.10 Å². The Morgan fingerprint density at radius 1 is 1.04 bits per heavy atom. The van der Waals surface area contributed by atoms with Crippen LogP contribution in [0.15, 0.2) is 55.1 Å². The number of nitrogens with zero attached hydrogens (tertiary/aromatic N) is 6. The van der Waals surface area contributed by atoms with Crippen molar-refractivity contribution >= 4 is 17.4 Å². The zero-order chi connectivity index (χ0) is 17.8. The average Bonchev–Trinajstić information content (AvgIpc) is 3.24. The minimum absolute atomic E-state index is 0.00256. The second-order valence-electron chi connectivity index (χ2n) is 6.19. The first kappa shape index (κ1) is 16.2. The van der Waals surface area contributed by atoms with Gasteiger partial charge in [0.2, 0.25) is 5.91 Å². The summed E-state index contributed by atoms with van der Waals surface area (Å²) >= 11 is 0. The van der Waals surface area contributed by atoms with E-state index in [1.165, 1.54) is 0 Å². The number of nitrogens with one attached hydrogen (secondary N) is 1. The van der Waals surface area contributed by atoms with Crippen molar-refractivity contribution in [1.29, 1.82) is 0 Å². The Bertz CT molecular complexity index is 841. The molecule has 0 radical (unpaired) electrons. The summed E-state index contributed by atoms with van der Waals surface area (Å²) in [5.41, 5.74) is 0.736. The molecule has 4 heterocycles. The third-order valence-electron chi connectivity index (χ3n) is 4.49. The Balaban J connectivity index is 1.34. The number of piperidine rings is 1. The number of rotatable bonds is 4. The first-order valence-electron chi connectivity index (χ1n) is 8.59. The van der Waals surface area contributed by atoms with Gasteiger partial charge in [-0.1, -0.05) is 0 Å². The fourth-order valence-electron chi connectivity index (χ4n) is 3.07. The van der Waals surface area contributed by atoms with E-state index in [1.807, 2.05) is 36.5 Å². The van der Waals surface area contributed by atoms with Crippen LogP contribution >= 0.6 is 0 Å². The number of anilines is 2. The molecule has 0 saturated carbocycles. The number of amides is 1. The number of carbonyl (C=O) groups is 1. The molecule has 26 heavy (non-hydrogen) atoms. The molecule has 0 spiro atoms. The van der Waals surface area contributed by atoms with Gasteiger partial charge in [0.25, 0.3) is 0 Å². The van der Waals surface area contributed by atoms with Gasteiger partial charge >= 0.3 is 0 Å². The van der Waals surface area contributed by atoms with Crippen molar-refractivity contribution in [2.45, 2.75) is 12.8 Å². The maximum absolute atomic E-state index is 12.4. The lowest BCUT2D eigenvalue weighted by Crippen LogP contribution is -2.38. The zero-order valence-corrected chi connectivity index (χ0v) is 14.2. The lowest BCUT2D eigenvalue weighted by Gasteiger charge is -2.31. The Hall–Kier alpha value is -3.29. The second-order valence-corrected chi connectivity index (χ2v) is 6.19. The van der Waals surface area contributed by atoms with Crippen LogP contribution in [0.25, 0.3) is 5.82 Å². The summed E-state index contributed by atoms with van der Waals surface area (Å²) in [5.74, 6) is 1.57. The van der Waals surface area contributed by atoms with Crippen LogP contribution in [0.1, 0.15) is 12.8 Å². The minimum atomic E-state index is 0.00256. The standard InChI is InChI=1S/C18H19N7O/c26-18(21-15-3-1-8-19-13-15)14-6-11-24(12-7-14)16-4-5-17(23-22-16)25-10-2-9-20-25/h1-5,8-10,13-14H,6-7,11-12H2,(H,21,26). The number of carbonyl (C=O) groups excluding carboxylic acids is 1. The van der Waals surface area contributed by atoms with E-state index in [2.05, 4.69) is 30.5 Å². The van der Waals surface area contributed by atoms with E-state index in [9.17, 15) is 4.79 Å². The van der Waals surface area contributed by atoms with Crippen LogP contribution < -0.4 is 10.2 Å². The van der Waals surface area contributed by atoms with Crippen molar-refractivity contribution in [1.82, 2.24) is 25.0 Å². The van der Waals surface area contributed by atoms with E-state index < -0.39 is 0 Å². The molecular weight excluding hydrogens is 330 g/mol. The topological polar surface area (TPSA) is 88.8 Å². The van der Waals surface area contributed by atoms with Gasteiger partial charge in [0, 0.05) is 37.6 Å². The van der Waals surface area contributed by atoms with Crippen molar-refractivity contribution in [3.8, 4) is 5.82 Å². The maximum Gasteiger partial charge on any atom is 0.227 e. The third kappa shape index (κ3) is 3.53. The molecule has 1 fully saturated rings. The Morgan fingerprint density at radius 2 is 1.85 bits per heavy atom. The fourth-order valence-corrected chi connectivity index (χ4v) is 3.07. The van der Waals surface area contributed by atoms with Crippen LogP contribution in [0.4, 0.5) is 11.5 Å². The van der Waals surface area contributed by atoms with E-state index in [4.69, 9.17) is 0 Å². The highest BCUT2D eigenvalue weighted by atomic mass is 16.1. The number of pyridine rings is 1. The highest BCUT2D eigenvalue weighted by Gasteiger charge is 2.25. The van der Waals surface area contributed by atoms with Gasteiger partial charge in [-0.3, -0.25) is 9.78 Å². The van der Waals surface area contributed by atoms with E-state index in [0.29, 0.717) is 5.82 Å². The molecule has 3 aromatic heterocycles. The normalized spacial score (nSPS) is 15.0. The monoisotopic (exact) mass is 349 g/mol. The van der Waals surface area contributed by atoms with Crippen LogP contribution in [0.3, 0.4) is 0 Å². The van der Waals surface area contributed by atoms with Crippen LogP contribution in [-0.2, 0) is 4.79 Å². The summed E-state index contributed by atoms with van der Waals surface area (Å²) in [6.45, 7) is 1.56. The molecule has 0 bridgehead atoms. The van der Waals surface area contributed by atoms with Crippen molar-refractivity contribution in [2.24, 2.45) is 5.92 Å². The van der Waals surface area contributed by atoms with Crippen molar-refractivity contribution in [3.63, 3.8) is 0 Å². The minimum Gasteiger partial charge on any atom is -0.355 e. The first-order valence-corrected chi connectivity index (χ1v) is 8.59. The molecule has 1 saturated heterocycles. The lowest BCUT2D eigenvalue weighted by molar-refractivity contribution is -0.120. The maximum atomic E-state index is 12.4. The van der Waals surface area contributed by atoms with Crippen LogP contribution in [0.2, 0.25) is 0 Å². The summed E-state index contributed by atoms with van der Waals surface area (Å²) in [6, 6.07) is 9.34. The summed E-state index contributed by atoms with van der Waals surface area (Å²) < 4.78 is 1.67. The summed E-state index contributed by atoms with van der Waals surface area (Å²) in [4.78, 5) is 18.6. The molecule has 1 N–H and O–H groups in total. The quantitative estimate of drug-likeness (QED) is 0.774. The Morgan fingerprint density at radius 3 is 2.50 bits per heavy atom. The van der Waals surface area contributed by atoms with Gasteiger partial charge in [0.05, 0.1) is 11.9 Å². The SMILES string of the molecule is O=C(Nc1cccnc1)C1CCN(c2ccc(-n3cccn3)nn2)CC1. The van der Waals surface area contributed by atoms with Gasteiger partial charge in [-0.05, 0) is 43.2 Å². The number of hydrogen-bond acceptors (Lipinski definition) is 6. The highest BCUT2D eigenvalue weighted by Crippen LogP contribution is 2.23. The van der Waals surface area contributed by atoms with Crippen LogP contribution in [-0.4, -0.2) is 44.0 Å². The molecular formula is C18H19N7O. The van der Waals surface area contributed by atoms with Gasteiger partial charge in [0.15, 0.2) is 11.6 Å². The molecule has 1 aliphatic rings. The van der Waals surface area contributed by atoms with Crippen molar-refractivity contribution in [3.05, 3.63) is 55.1 Å². The molecule has 8 heteroatoms. The molecule has 132 valence electrons. The number of hydrogen-bond donors (Lipinski definition) is 1. The highest BCUT2D eigenvalue weighted by molar-refractivity contribution is 5.92. The molecule has 0 aliphatic carbocycles. The third-order valence-corrected chi connectivity index (χ3v) is 4.49. The smallest absolute Gasteiger partial charge is 0.227 e. The second kappa shape index (κ2) is 7.30. The van der Waals surface area contributed by atoms with E-state index >= 15 is 0 Å². The summed E-state index contributed by atoms with van der Waals surface area (Å²) in [5, 5.41) is 15.6. The molecule has 3 aromatic rings. The Labute approximate surface area is 150 Å². The van der Waals surface area contributed by atoms with Gasteiger partial charge in [0.1, 0.15) is 0 Å². The van der Waals surface area contributed by atoms with Crippen LogP contribution in [0, 0.1) is 5.92 Å². The van der Waals surface area contributed by atoms with Gasteiger partial charge < -0.3 is 10.2 Å². The van der Waals surface area contributed by atoms with E-state index in [1.54, 1.807) is 23.3 Å². The zero-order valence-electron chi connectivity index (χ0n) is 14.2. The largest absolute Gasteiger partial charge is 0.355 e. The van der Waals surface area contributed by atoms with Crippen molar-refractivity contribution in [2.75, 3.05) is 23.3 Å². The summed E-state index contributed by atoms with van der Waals surface area (Å²) in [7, 11) is 0. The number of aromatic nitrogens is 5. The molecule has 8 nitrogen and oxygen atoms in total. The van der Waals surface area contributed by atoms with Gasteiger partial charge in [-0.25, -0.2) is 4.68 Å². The summed E-state index contributed by atoms with van der Waals surface area (Å²) in [6.07, 6.45) is 8.45. The molecule has 0 unspecified atom stereocenters. The molecule has 1 aliphatic heterocycles. The van der Waals surface area contributed by atoms with E-state index in [0.717, 1.165) is 37.4 Å². The first-order chi connectivity index (χ1) is 12.8.